The fourth-order valence-electron chi connectivity index (χ4n) is 3.86. The number of fused-ring (bicyclic) bond motifs is 1. The van der Waals surface area contributed by atoms with Crippen molar-refractivity contribution in [1.29, 1.82) is 0 Å². The molecule has 9 nitrogen and oxygen atoms in total. The molecule has 1 aromatic heterocycles. The first-order chi connectivity index (χ1) is 14.7. The average molecular weight is 450 g/mol. The Morgan fingerprint density at radius 1 is 1.16 bits per heavy atom. The predicted octanol–water partition coefficient (Wildman–Crippen LogP) is 1.18. The molecule has 0 aliphatic heterocycles. The molecule has 170 valence electrons. The molecule has 31 heavy (non-hydrogen) atoms. The van der Waals surface area contributed by atoms with Gasteiger partial charge in [0.15, 0.2) is 0 Å². The Labute approximate surface area is 183 Å². The number of sulfonamides is 1. The zero-order valence-electron chi connectivity index (χ0n) is 18.3. The van der Waals surface area contributed by atoms with Gasteiger partial charge in [0.25, 0.3) is 0 Å². The number of nitrogens with one attached hydrogen (secondary N) is 2. The van der Waals surface area contributed by atoms with E-state index in [0.717, 1.165) is 31.2 Å². The van der Waals surface area contributed by atoms with Gasteiger partial charge >= 0.3 is 0 Å². The standard InChI is InChI=1S/C21H31N5O4S/c1-25(2)31(29,30)16-8-9-18-17(14-16)24-19(26(18)3)10-11-20(27)22-12-13-23-21(28)15-6-4-5-7-15/h8-9,14-15H,4-7,10-13H2,1-3H3,(H,22,27)(H,23,28). The molecular formula is C21H31N5O4S. The zero-order valence-corrected chi connectivity index (χ0v) is 19.2. The van der Waals surface area contributed by atoms with Gasteiger partial charge in [0.1, 0.15) is 5.82 Å². The highest BCUT2D eigenvalue weighted by atomic mass is 32.2. The topological polar surface area (TPSA) is 113 Å². The number of hydrogen-bond acceptors (Lipinski definition) is 5. The van der Waals surface area contributed by atoms with E-state index in [1.165, 1.54) is 18.4 Å². The van der Waals surface area contributed by atoms with E-state index >= 15 is 0 Å². The number of imidazole rings is 1. The quantitative estimate of drug-likeness (QED) is 0.558. The van der Waals surface area contributed by atoms with E-state index in [4.69, 9.17) is 0 Å². The molecule has 1 aliphatic carbocycles. The van der Waals surface area contributed by atoms with Crippen LogP contribution in [0, 0.1) is 5.92 Å². The second-order valence-corrected chi connectivity index (χ2v) is 10.3. The van der Waals surface area contributed by atoms with Crippen molar-refractivity contribution in [1.82, 2.24) is 24.5 Å². The van der Waals surface area contributed by atoms with Gasteiger partial charge in [-0.2, -0.15) is 0 Å². The Kier molecular flexibility index (Phi) is 7.32. The summed E-state index contributed by atoms with van der Waals surface area (Å²) in [5.74, 6) is 0.806. The first-order valence-electron chi connectivity index (χ1n) is 10.6. The predicted molar refractivity (Wildman–Crippen MR) is 118 cm³/mol. The maximum absolute atomic E-state index is 12.3. The van der Waals surface area contributed by atoms with Crippen molar-refractivity contribution in [2.75, 3.05) is 27.2 Å². The summed E-state index contributed by atoms with van der Waals surface area (Å²) in [7, 11) is 1.29. The van der Waals surface area contributed by atoms with Gasteiger partial charge in [-0.25, -0.2) is 17.7 Å². The molecule has 0 unspecified atom stereocenters. The molecule has 0 atom stereocenters. The summed E-state index contributed by atoms with van der Waals surface area (Å²) in [4.78, 5) is 28.8. The third-order valence-electron chi connectivity index (χ3n) is 5.77. The summed E-state index contributed by atoms with van der Waals surface area (Å²) in [6.07, 6.45) is 4.84. The molecule has 0 spiro atoms. The minimum Gasteiger partial charge on any atom is -0.354 e. The Morgan fingerprint density at radius 3 is 2.52 bits per heavy atom. The molecule has 0 saturated heterocycles. The first kappa shape index (κ1) is 23.2. The summed E-state index contributed by atoms with van der Waals surface area (Å²) >= 11 is 0. The monoisotopic (exact) mass is 449 g/mol. The molecule has 2 N–H and O–H groups in total. The van der Waals surface area contributed by atoms with Crippen LogP contribution >= 0.6 is 0 Å². The molecule has 2 amide bonds. The van der Waals surface area contributed by atoms with Crippen LogP contribution in [-0.2, 0) is 33.1 Å². The smallest absolute Gasteiger partial charge is 0.242 e. The highest BCUT2D eigenvalue weighted by Gasteiger charge is 2.22. The maximum atomic E-state index is 12.3. The normalized spacial score (nSPS) is 15.0. The van der Waals surface area contributed by atoms with Crippen molar-refractivity contribution in [2.24, 2.45) is 13.0 Å². The molecule has 2 aromatic rings. The highest BCUT2D eigenvalue weighted by Crippen LogP contribution is 2.24. The van der Waals surface area contributed by atoms with E-state index in [-0.39, 0.29) is 29.0 Å². The second-order valence-electron chi connectivity index (χ2n) is 8.15. The van der Waals surface area contributed by atoms with E-state index in [2.05, 4.69) is 15.6 Å². The van der Waals surface area contributed by atoms with Gasteiger partial charge in [-0.15, -0.1) is 0 Å². The Balaban J connectivity index is 1.51. The second kappa shape index (κ2) is 9.78. The average Bonchev–Trinajstić information content (AvgIpc) is 3.38. The van der Waals surface area contributed by atoms with Gasteiger partial charge in [0.05, 0.1) is 15.9 Å². The van der Waals surface area contributed by atoms with Crippen molar-refractivity contribution < 1.29 is 18.0 Å². The fraction of sp³-hybridized carbons (Fsp3) is 0.571. The molecule has 3 rings (SSSR count). The van der Waals surface area contributed by atoms with Crippen LogP contribution in [0.2, 0.25) is 0 Å². The zero-order chi connectivity index (χ0) is 22.6. The molecule has 1 saturated carbocycles. The lowest BCUT2D eigenvalue weighted by atomic mass is 10.1. The van der Waals surface area contributed by atoms with Crippen LogP contribution < -0.4 is 10.6 Å². The van der Waals surface area contributed by atoms with Crippen molar-refractivity contribution in [3.8, 4) is 0 Å². The number of aryl methyl sites for hydroxylation is 2. The lowest BCUT2D eigenvalue weighted by molar-refractivity contribution is -0.125. The van der Waals surface area contributed by atoms with Gasteiger partial charge in [-0.1, -0.05) is 12.8 Å². The van der Waals surface area contributed by atoms with Gasteiger partial charge in [0.2, 0.25) is 21.8 Å². The molecular weight excluding hydrogens is 418 g/mol. The molecule has 0 radical (unpaired) electrons. The first-order valence-corrected chi connectivity index (χ1v) is 12.1. The Bertz CT molecular complexity index is 1060. The number of aromatic nitrogens is 2. The van der Waals surface area contributed by atoms with Crippen molar-refractivity contribution >= 4 is 32.9 Å². The fourth-order valence-corrected chi connectivity index (χ4v) is 4.78. The van der Waals surface area contributed by atoms with Crippen LogP contribution in [0.1, 0.15) is 37.9 Å². The number of carbonyl (C=O) groups is 2. The van der Waals surface area contributed by atoms with E-state index in [1.54, 1.807) is 18.2 Å². The van der Waals surface area contributed by atoms with Gasteiger partial charge in [-0.3, -0.25) is 9.59 Å². The van der Waals surface area contributed by atoms with E-state index in [0.29, 0.717) is 30.9 Å². The van der Waals surface area contributed by atoms with Crippen molar-refractivity contribution in [3.63, 3.8) is 0 Å². The number of benzene rings is 1. The third-order valence-corrected chi connectivity index (χ3v) is 7.58. The summed E-state index contributed by atoms with van der Waals surface area (Å²) in [6, 6.07) is 4.85. The Morgan fingerprint density at radius 2 is 1.84 bits per heavy atom. The van der Waals surface area contributed by atoms with Gasteiger partial charge in [-0.05, 0) is 31.0 Å². The van der Waals surface area contributed by atoms with Crippen LogP contribution in [0.4, 0.5) is 0 Å². The lowest BCUT2D eigenvalue weighted by Crippen LogP contribution is -2.37. The molecule has 10 heteroatoms. The minimum absolute atomic E-state index is 0.0853. The minimum atomic E-state index is -3.53. The highest BCUT2D eigenvalue weighted by molar-refractivity contribution is 7.89. The molecule has 1 fully saturated rings. The SMILES string of the molecule is CN(C)S(=O)(=O)c1ccc2c(c1)nc(CCC(=O)NCCNC(=O)C1CCCC1)n2C. The molecule has 1 aliphatic rings. The van der Waals surface area contributed by atoms with Crippen molar-refractivity contribution in [2.45, 2.75) is 43.4 Å². The van der Waals surface area contributed by atoms with Crippen LogP contribution in [0.3, 0.4) is 0 Å². The largest absolute Gasteiger partial charge is 0.354 e. The van der Waals surface area contributed by atoms with E-state index in [1.807, 2.05) is 11.6 Å². The van der Waals surface area contributed by atoms with Crippen LogP contribution in [-0.4, -0.2) is 61.3 Å². The number of nitrogens with zero attached hydrogens (tertiary/aromatic N) is 3. The number of rotatable bonds is 9. The maximum Gasteiger partial charge on any atom is 0.242 e. The van der Waals surface area contributed by atoms with Gasteiger partial charge < -0.3 is 15.2 Å². The molecule has 0 bridgehead atoms. The summed E-state index contributed by atoms with van der Waals surface area (Å²) < 4.78 is 27.7. The number of hydrogen-bond donors (Lipinski definition) is 2. The summed E-state index contributed by atoms with van der Waals surface area (Å²) in [5, 5.41) is 5.70. The Hall–Kier alpha value is -2.46. The van der Waals surface area contributed by atoms with Gasteiger partial charge in [0, 0.05) is 53.0 Å². The summed E-state index contributed by atoms with van der Waals surface area (Å²) in [5.41, 5.74) is 1.39. The molecule has 1 heterocycles. The van der Waals surface area contributed by atoms with Crippen molar-refractivity contribution in [3.05, 3.63) is 24.0 Å². The number of amides is 2. The lowest BCUT2D eigenvalue weighted by Gasteiger charge is -2.11. The van der Waals surface area contributed by atoms with Crippen LogP contribution in [0.25, 0.3) is 11.0 Å². The third kappa shape index (κ3) is 5.43. The summed E-state index contributed by atoms with van der Waals surface area (Å²) in [6.45, 7) is 0.822. The van der Waals surface area contributed by atoms with Crippen LogP contribution in [0.15, 0.2) is 23.1 Å². The number of carbonyl (C=O) groups excluding carboxylic acids is 2. The van der Waals surface area contributed by atoms with E-state index in [9.17, 15) is 18.0 Å². The van der Waals surface area contributed by atoms with Crippen LogP contribution in [0.5, 0.6) is 0 Å². The molecule has 1 aromatic carbocycles. The van der Waals surface area contributed by atoms with E-state index < -0.39 is 10.0 Å².